The van der Waals surface area contributed by atoms with Crippen molar-refractivity contribution in [1.29, 1.82) is 0 Å². The summed E-state index contributed by atoms with van der Waals surface area (Å²) in [4.78, 5) is 23.5. The highest BCUT2D eigenvalue weighted by Crippen LogP contribution is 2.30. The van der Waals surface area contributed by atoms with Crippen LogP contribution >= 0.6 is 11.6 Å². The normalized spacial score (nSPS) is 20.7. The standard InChI is InChI=1S/C26H32ClF3N4O/c1-19(17-32-9-11-33(12-10-32)24-6-4-23(27)5-7-24)25(35)34-8-2-3-20(18-34)13-21-14-22(16-31-15-21)26(28,29)30/h4-7,14-16,19-20H,2-3,8-13,17-18H2,1H3/t19?,20-/m1/s1. The molecule has 0 spiro atoms. The van der Waals surface area contributed by atoms with Gasteiger partial charge in [-0.3, -0.25) is 14.7 Å². The average molecular weight is 509 g/mol. The molecule has 9 heteroatoms. The van der Waals surface area contributed by atoms with Crippen LogP contribution in [0.3, 0.4) is 0 Å². The molecular formula is C26H32ClF3N4O. The summed E-state index contributed by atoms with van der Waals surface area (Å²) in [5, 5.41) is 0.728. The molecule has 2 aliphatic heterocycles. The molecule has 0 aliphatic carbocycles. The molecule has 1 unspecified atom stereocenters. The molecule has 4 rings (SSSR count). The van der Waals surface area contributed by atoms with E-state index in [1.54, 1.807) is 0 Å². The van der Waals surface area contributed by atoms with E-state index in [2.05, 4.69) is 14.8 Å². The molecule has 1 aromatic heterocycles. The zero-order chi connectivity index (χ0) is 25.0. The number of carbonyl (C=O) groups excluding carboxylic acids is 1. The first-order valence-corrected chi connectivity index (χ1v) is 12.6. The van der Waals surface area contributed by atoms with Gasteiger partial charge in [0.15, 0.2) is 0 Å². The lowest BCUT2D eigenvalue weighted by atomic mass is 9.91. The van der Waals surface area contributed by atoms with Gasteiger partial charge in [0.2, 0.25) is 5.91 Å². The number of piperidine rings is 1. The summed E-state index contributed by atoms with van der Waals surface area (Å²) in [6.07, 6.45) is 0.241. The third kappa shape index (κ3) is 6.88. The number of hydrogen-bond donors (Lipinski definition) is 0. The number of piperazine rings is 1. The van der Waals surface area contributed by atoms with Crippen molar-refractivity contribution < 1.29 is 18.0 Å². The number of likely N-dealkylation sites (tertiary alicyclic amines) is 1. The first kappa shape index (κ1) is 25.8. The lowest BCUT2D eigenvalue weighted by Crippen LogP contribution is -2.50. The lowest BCUT2D eigenvalue weighted by Gasteiger charge is -2.38. The number of aromatic nitrogens is 1. The third-order valence-electron chi connectivity index (χ3n) is 6.99. The number of hydrogen-bond acceptors (Lipinski definition) is 4. The van der Waals surface area contributed by atoms with Crippen molar-refractivity contribution in [3.63, 3.8) is 0 Å². The molecule has 1 aromatic carbocycles. The molecule has 0 radical (unpaired) electrons. The fourth-order valence-electron chi connectivity index (χ4n) is 5.14. The van der Waals surface area contributed by atoms with Gasteiger partial charge in [-0.05, 0) is 61.1 Å². The first-order chi connectivity index (χ1) is 16.7. The fraction of sp³-hybridized carbons (Fsp3) is 0.538. The van der Waals surface area contributed by atoms with E-state index in [1.807, 2.05) is 36.1 Å². The van der Waals surface area contributed by atoms with Crippen LogP contribution in [0.2, 0.25) is 5.02 Å². The monoisotopic (exact) mass is 508 g/mol. The lowest BCUT2D eigenvalue weighted by molar-refractivity contribution is -0.138. The molecule has 3 heterocycles. The van der Waals surface area contributed by atoms with Crippen molar-refractivity contribution in [3.8, 4) is 0 Å². The maximum atomic E-state index is 13.2. The van der Waals surface area contributed by atoms with Crippen LogP contribution in [-0.4, -0.2) is 66.5 Å². The highest BCUT2D eigenvalue weighted by atomic mass is 35.5. The Morgan fingerprint density at radius 2 is 1.83 bits per heavy atom. The molecule has 1 amide bonds. The molecular weight excluding hydrogens is 477 g/mol. The van der Waals surface area contributed by atoms with E-state index >= 15 is 0 Å². The predicted octanol–water partition coefficient (Wildman–Crippen LogP) is 4.99. The molecule has 190 valence electrons. The number of nitrogens with zero attached hydrogens (tertiary/aromatic N) is 4. The molecule has 0 N–H and O–H groups in total. The van der Waals surface area contributed by atoms with Crippen LogP contribution in [0.4, 0.5) is 18.9 Å². The number of pyridine rings is 1. The van der Waals surface area contributed by atoms with Gasteiger partial charge in [-0.15, -0.1) is 0 Å². The summed E-state index contributed by atoms with van der Waals surface area (Å²) in [6.45, 7) is 7.59. The number of carbonyl (C=O) groups is 1. The Balaban J connectivity index is 1.26. The van der Waals surface area contributed by atoms with Crippen LogP contribution in [0.15, 0.2) is 42.7 Å². The topological polar surface area (TPSA) is 39.7 Å². The molecule has 0 saturated carbocycles. The molecule has 0 bridgehead atoms. The van der Waals surface area contributed by atoms with Crippen LogP contribution < -0.4 is 4.90 Å². The van der Waals surface area contributed by atoms with E-state index in [-0.39, 0.29) is 17.7 Å². The van der Waals surface area contributed by atoms with E-state index in [1.165, 1.54) is 12.3 Å². The molecule has 35 heavy (non-hydrogen) atoms. The Labute approximate surface area is 209 Å². The summed E-state index contributed by atoms with van der Waals surface area (Å²) in [7, 11) is 0. The van der Waals surface area contributed by atoms with Gasteiger partial charge in [0.1, 0.15) is 0 Å². The largest absolute Gasteiger partial charge is 0.417 e. The van der Waals surface area contributed by atoms with E-state index < -0.39 is 11.7 Å². The Morgan fingerprint density at radius 1 is 1.11 bits per heavy atom. The number of benzene rings is 1. The van der Waals surface area contributed by atoms with Gasteiger partial charge in [-0.1, -0.05) is 18.5 Å². The van der Waals surface area contributed by atoms with Gasteiger partial charge >= 0.3 is 6.18 Å². The second kappa shape index (κ2) is 11.2. The van der Waals surface area contributed by atoms with Crippen LogP contribution in [-0.2, 0) is 17.4 Å². The Bertz CT molecular complexity index is 993. The number of rotatable bonds is 6. The molecule has 5 nitrogen and oxygen atoms in total. The number of anilines is 1. The van der Waals surface area contributed by atoms with Crippen LogP contribution in [0.5, 0.6) is 0 Å². The Morgan fingerprint density at radius 3 is 2.51 bits per heavy atom. The van der Waals surface area contributed by atoms with E-state index in [0.29, 0.717) is 31.6 Å². The minimum Gasteiger partial charge on any atom is -0.369 e. The van der Waals surface area contributed by atoms with Crippen molar-refractivity contribution in [2.75, 3.05) is 50.7 Å². The minimum atomic E-state index is -4.40. The van der Waals surface area contributed by atoms with Crippen LogP contribution in [0.1, 0.15) is 30.9 Å². The third-order valence-corrected chi connectivity index (χ3v) is 7.25. The Kier molecular flexibility index (Phi) is 8.22. The maximum absolute atomic E-state index is 13.2. The number of amides is 1. The number of alkyl halides is 3. The quantitative estimate of drug-likeness (QED) is 0.551. The molecule has 2 atom stereocenters. The summed E-state index contributed by atoms with van der Waals surface area (Å²) in [6, 6.07) is 9.05. The van der Waals surface area contributed by atoms with Gasteiger partial charge in [-0.25, -0.2) is 0 Å². The fourth-order valence-corrected chi connectivity index (χ4v) is 5.26. The van der Waals surface area contributed by atoms with Crippen molar-refractivity contribution >= 4 is 23.2 Å². The molecule has 2 saturated heterocycles. The minimum absolute atomic E-state index is 0.119. The highest BCUT2D eigenvalue weighted by molar-refractivity contribution is 6.30. The summed E-state index contributed by atoms with van der Waals surface area (Å²) < 4.78 is 39.0. The van der Waals surface area contributed by atoms with Crippen LogP contribution in [0, 0.1) is 11.8 Å². The zero-order valence-corrected chi connectivity index (χ0v) is 20.7. The van der Waals surface area contributed by atoms with E-state index in [9.17, 15) is 18.0 Å². The summed E-state index contributed by atoms with van der Waals surface area (Å²) in [5.74, 6) is 0.163. The van der Waals surface area contributed by atoms with Gasteiger partial charge in [0, 0.05) is 74.8 Å². The van der Waals surface area contributed by atoms with Gasteiger partial charge in [0.25, 0.3) is 0 Å². The van der Waals surface area contributed by atoms with Gasteiger partial charge in [0.05, 0.1) is 5.56 Å². The molecule has 2 fully saturated rings. The van der Waals surface area contributed by atoms with Gasteiger partial charge < -0.3 is 9.80 Å². The van der Waals surface area contributed by atoms with Crippen LogP contribution in [0.25, 0.3) is 0 Å². The maximum Gasteiger partial charge on any atom is 0.417 e. The first-order valence-electron chi connectivity index (χ1n) is 12.2. The Hall–Kier alpha value is -2.32. The summed E-state index contributed by atoms with van der Waals surface area (Å²) in [5.41, 5.74) is 1.02. The van der Waals surface area contributed by atoms with Crippen molar-refractivity contribution in [2.24, 2.45) is 11.8 Å². The van der Waals surface area contributed by atoms with Crippen molar-refractivity contribution in [3.05, 3.63) is 58.9 Å². The molecule has 2 aliphatic rings. The van der Waals surface area contributed by atoms with Gasteiger partial charge in [-0.2, -0.15) is 13.2 Å². The van der Waals surface area contributed by atoms with E-state index in [0.717, 1.165) is 55.9 Å². The number of halogens is 4. The van der Waals surface area contributed by atoms with Crippen molar-refractivity contribution in [1.82, 2.24) is 14.8 Å². The second-order valence-electron chi connectivity index (χ2n) is 9.74. The van der Waals surface area contributed by atoms with E-state index in [4.69, 9.17) is 11.6 Å². The summed E-state index contributed by atoms with van der Waals surface area (Å²) >= 11 is 5.99. The predicted molar refractivity (Wildman–Crippen MR) is 132 cm³/mol. The molecule has 2 aromatic rings. The highest BCUT2D eigenvalue weighted by Gasteiger charge is 2.32. The SMILES string of the molecule is CC(CN1CCN(c2ccc(Cl)cc2)CC1)C(=O)N1CCC[C@H](Cc2cncc(C(F)(F)F)c2)C1. The second-order valence-corrected chi connectivity index (χ2v) is 10.2. The smallest absolute Gasteiger partial charge is 0.369 e. The zero-order valence-electron chi connectivity index (χ0n) is 20.0. The average Bonchev–Trinajstić information content (AvgIpc) is 2.84. The van der Waals surface area contributed by atoms with Crippen molar-refractivity contribution in [2.45, 2.75) is 32.4 Å².